The van der Waals surface area contributed by atoms with Crippen molar-refractivity contribution in [2.45, 2.75) is 118 Å². The van der Waals surface area contributed by atoms with Crippen LogP contribution in [-0.4, -0.2) is 18.7 Å². The molecular weight excluding hydrogens is 656 g/mol. The number of esters is 1. The van der Waals surface area contributed by atoms with Crippen molar-refractivity contribution in [1.82, 2.24) is 0 Å². The number of benzene rings is 2. The zero-order valence-corrected chi connectivity index (χ0v) is 32.1. The second kappa shape index (κ2) is 14.8. The van der Waals surface area contributed by atoms with E-state index in [1.807, 2.05) is 30.3 Å². The van der Waals surface area contributed by atoms with E-state index in [4.69, 9.17) is 25.5 Å². The highest BCUT2D eigenvalue weighted by Gasteiger charge is 2.56. The van der Waals surface area contributed by atoms with Crippen LogP contribution in [0.25, 0.3) is 22.1 Å². The number of ether oxygens (including phenoxy) is 2. The molecule has 0 spiro atoms. The summed E-state index contributed by atoms with van der Waals surface area (Å²) in [5.41, 5.74) is 3.69. The fourth-order valence-electron chi connectivity index (χ4n) is 11.1. The molecule has 0 bridgehead atoms. The Labute approximate surface area is 309 Å². The van der Waals surface area contributed by atoms with Crippen LogP contribution in [0.1, 0.15) is 112 Å². The van der Waals surface area contributed by atoms with Gasteiger partial charge in [-0.25, -0.2) is 9.59 Å². The molecule has 0 unspecified atom stereocenters. The SMILES string of the molecule is CC(C)CCC[C@@H](C)[C@@H]1CC[C@@H]2[C@@H]3CC=C4C[C@H](OC(=O)COc5cc6oc(=O)cc(-c7ccccc7)c6cc5Cl)CC[C@]4(C)[C@@H]3CC[C@]2(C)C1. The Hall–Kier alpha value is -3.05. The highest BCUT2D eigenvalue weighted by Crippen LogP contribution is 2.65. The average molecular weight is 713 g/mol. The summed E-state index contributed by atoms with van der Waals surface area (Å²) in [6.45, 7) is 12.1. The van der Waals surface area contributed by atoms with Crippen molar-refractivity contribution in [3.8, 4) is 16.9 Å². The van der Waals surface area contributed by atoms with Crippen molar-refractivity contribution >= 4 is 28.5 Å². The lowest BCUT2D eigenvalue weighted by Crippen LogP contribution is -2.52. The summed E-state index contributed by atoms with van der Waals surface area (Å²) in [6, 6.07) is 14.4. The van der Waals surface area contributed by atoms with Gasteiger partial charge in [-0.15, -0.1) is 0 Å². The van der Waals surface area contributed by atoms with Crippen LogP contribution in [0.15, 0.2) is 69.4 Å². The van der Waals surface area contributed by atoms with Gasteiger partial charge >= 0.3 is 11.6 Å². The quantitative estimate of drug-likeness (QED) is 0.119. The van der Waals surface area contributed by atoms with Crippen LogP contribution in [-0.2, 0) is 9.53 Å². The van der Waals surface area contributed by atoms with Crippen LogP contribution in [0.2, 0.25) is 5.02 Å². The minimum atomic E-state index is -0.464. The van der Waals surface area contributed by atoms with Crippen molar-refractivity contribution in [3.63, 3.8) is 0 Å². The van der Waals surface area contributed by atoms with Gasteiger partial charge in [0.2, 0.25) is 0 Å². The van der Waals surface area contributed by atoms with E-state index in [0.29, 0.717) is 21.4 Å². The Balaban J connectivity index is 0.959. The van der Waals surface area contributed by atoms with E-state index >= 15 is 0 Å². The highest BCUT2D eigenvalue weighted by molar-refractivity contribution is 6.33. The Morgan fingerprint density at radius 2 is 1.78 bits per heavy atom. The number of hydrogen-bond donors (Lipinski definition) is 0. The first-order valence-corrected chi connectivity index (χ1v) is 20.2. The summed E-state index contributed by atoms with van der Waals surface area (Å²) in [7, 11) is 0. The predicted molar refractivity (Wildman–Crippen MR) is 206 cm³/mol. The molecule has 0 amide bonds. The molecule has 51 heavy (non-hydrogen) atoms. The van der Waals surface area contributed by atoms with Crippen LogP contribution in [0.5, 0.6) is 5.75 Å². The third-order valence-electron chi connectivity index (χ3n) is 13.9. The molecular formula is C45H57ClO5. The van der Waals surface area contributed by atoms with E-state index < -0.39 is 11.6 Å². The normalized spacial score (nSPS) is 30.9. The van der Waals surface area contributed by atoms with E-state index in [0.717, 1.165) is 65.9 Å². The smallest absolute Gasteiger partial charge is 0.344 e. The predicted octanol–water partition coefficient (Wildman–Crippen LogP) is 11.8. The summed E-state index contributed by atoms with van der Waals surface area (Å²) in [4.78, 5) is 25.5. The third kappa shape index (κ3) is 7.44. The van der Waals surface area contributed by atoms with Gasteiger partial charge in [-0.1, -0.05) is 107 Å². The number of carbonyl (C=O) groups excluding carboxylic acids is 1. The van der Waals surface area contributed by atoms with Gasteiger partial charge in [-0.05, 0) is 115 Å². The van der Waals surface area contributed by atoms with Crippen molar-refractivity contribution in [1.29, 1.82) is 0 Å². The average Bonchev–Trinajstić information content (AvgIpc) is 3.10. The molecule has 3 fully saturated rings. The standard InChI is InChI=1S/C45H57ClO5/c1-28(2)10-9-11-29(3)31-14-17-37-34-16-15-32-22-33(18-21-45(32,5)38(34)19-20-44(37,4)26-31)50-43(48)27-49-41-25-40-36(23-39(41)46)35(24-42(47)51-40)30-12-7-6-8-13-30/h6-8,12-13,15,23-25,28-29,31,33-34,37-38H,9-11,14,16-22,26-27H2,1-5H3/t29-,31-,33-,34+,37-,38-,44-,45+/m1/s1. The Morgan fingerprint density at radius 3 is 2.57 bits per heavy atom. The van der Waals surface area contributed by atoms with Gasteiger partial charge < -0.3 is 13.9 Å². The molecule has 4 aliphatic rings. The van der Waals surface area contributed by atoms with Crippen molar-refractivity contribution in [2.24, 2.45) is 46.3 Å². The summed E-state index contributed by atoms with van der Waals surface area (Å²) < 4.78 is 17.4. The van der Waals surface area contributed by atoms with E-state index in [1.165, 1.54) is 69.4 Å². The molecule has 2 aromatic carbocycles. The third-order valence-corrected chi connectivity index (χ3v) is 14.2. The zero-order chi connectivity index (χ0) is 35.9. The number of carbonyl (C=O) groups is 1. The number of hydrogen-bond acceptors (Lipinski definition) is 5. The molecule has 8 atom stereocenters. The number of rotatable bonds is 10. The molecule has 274 valence electrons. The molecule has 5 nitrogen and oxygen atoms in total. The first-order valence-electron chi connectivity index (χ1n) is 19.8. The van der Waals surface area contributed by atoms with Gasteiger partial charge in [0.1, 0.15) is 17.4 Å². The van der Waals surface area contributed by atoms with E-state index in [2.05, 4.69) is 40.7 Å². The summed E-state index contributed by atoms with van der Waals surface area (Å²) in [5, 5.41) is 1.04. The van der Waals surface area contributed by atoms with Gasteiger partial charge in [-0.2, -0.15) is 0 Å². The maximum absolute atomic E-state index is 13.1. The fraction of sp³-hybridized carbons (Fsp3) is 0.600. The first kappa shape index (κ1) is 36.3. The van der Waals surface area contributed by atoms with E-state index in [1.54, 1.807) is 12.1 Å². The van der Waals surface area contributed by atoms with E-state index in [-0.39, 0.29) is 23.9 Å². The molecule has 4 aliphatic carbocycles. The second-order valence-corrected chi connectivity index (χ2v) is 18.0. The lowest BCUT2D eigenvalue weighted by atomic mass is 9.44. The molecule has 0 saturated heterocycles. The fourth-order valence-corrected chi connectivity index (χ4v) is 11.3. The summed E-state index contributed by atoms with van der Waals surface area (Å²) in [5.74, 6) is 4.76. The van der Waals surface area contributed by atoms with Gasteiger partial charge in [0, 0.05) is 23.9 Å². The van der Waals surface area contributed by atoms with Gasteiger partial charge in [-0.3, -0.25) is 0 Å². The van der Waals surface area contributed by atoms with Gasteiger partial charge in [0.15, 0.2) is 6.61 Å². The molecule has 6 heteroatoms. The molecule has 1 heterocycles. The van der Waals surface area contributed by atoms with Crippen molar-refractivity contribution < 1.29 is 18.7 Å². The molecule has 3 saturated carbocycles. The number of allylic oxidation sites excluding steroid dienone is 1. The minimum absolute atomic E-state index is 0.142. The minimum Gasteiger partial charge on any atom is -0.480 e. The summed E-state index contributed by atoms with van der Waals surface area (Å²) in [6.07, 6.45) is 17.4. The number of fused-ring (bicyclic) bond motifs is 6. The largest absolute Gasteiger partial charge is 0.480 e. The van der Waals surface area contributed by atoms with Crippen LogP contribution in [0, 0.1) is 46.3 Å². The summed E-state index contributed by atoms with van der Waals surface area (Å²) >= 11 is 6.62. The van der Waals surface area contributed by atoms with Crippen molar-refractivity contribution in [2.75, 3.05) is 6.61 Å². The maximum Gasteiger partial charge on any atom is 0.344 e. The maximum atomic E-state index is 13.1. The molecule has 0 radical (unpaired) electrons. The Bertz CT molecular complexity index is 1810. The Morgan fingerprint density at radius 1 is 0.980 bits per heavy atom. The van der Waals surface area contributed by atoms with Gasteiger partial charge in [0.25, 0.3) is 0 Å². The Kier molecular flexibility index (Phi) is 10.5. The van der Waals surface area contributed by atoms with Crippen LogP contribution >= 0.6 is 11.6 Å². The zero-order valence-electron chi connectivity index (χ0n) is 31.3. The van der Waals surface area contributed by atoms with Crippen LogP contribution < -0.4 is 10.4 Å². The van der Waals surface area contributed by atoms with Crippen molar-refractivity contribution in [3.05, 3.63) is 75.6 Å². The topological polar surface area (TPSA) is 65.7 Å². The lowest BCUT2D eigenvalue weighted by molar-refractivity contribution is -0.154. The lowest BCUT2D eigenvalue weighted by Gasteiger charge is -2.61. The molecule has 7 rings (SSSR count). The highest BCUT2D eigenvalue weighted by atomic mass is 35.5. The van der Waals surface area contributed by atoms with Gasteiger partial charge in [0.05, 0.1) is 5.02 Å². The second-order valence-electron chi connectivity index (χ2n) is 17.6. The number of halogens is 1. The first-order chi connectivity index (χ1) is 24.4. The van der Waals surface area contributed by atoms with E-state index in [9.17, 15) is 9.59 Å². The molecule has 0 aliphatic heterocycles. The van der Waals surface area contributed by atoms with Crippen LogP contribution in [0.4, 0.5) is 0 Å². The molecule has 3 aromatic rings. The van der Waals surface area contributed by atoms with Crippen LogP contribution in [0.3, 0.4) is 0 Å². The monoisotopic (exact) mass is 712 g/mol. The molecule has 0 N–H and O–H groups in total. The molecule has 1 aromatic heterocycles.